The quantitative estimate of drug-likeness (QED) is 0.696. The minimum Gasteiger partial charge on any atom is -0.330 e. The highest BCUT2D eigenvalue weighted by atomic mass is 19.3. The molecule has 0 aromatic rings. The number of rotatable bonds is 3. The first-order valence-electron chi connectivity index (χ1n) is 4.35. The molecule has 0 amide bonds. The average Bonchev–Trinajstić information content (AvgIpc) is 2.31. The van der Waals surface area contributed by atoms with Gasteiger partial charge < -0.3 is 5.73 Å². The monoisotopic (exact) mass is 178 g/mol. The topological polar surface area (TPSA) is 29.3 Å². The lowest BCUT2D eigenvalue weighted by Gasteiger charge is -2.19. The van der Waals surface area contributed by atoms with Crippen molar-refractivity contribution in [3.63, 3.8) is 0 Å². The number of hydrogen-bond donors (Lipinski definition) is 1. The maximum Gasteiger partial charge on any atom is 0.251 e. The lowest BCUT2D eigenvalue weighted by Crippen LogP contribution is -2.32. The summed E-state index contributed by atoms with van der Waals surface area (Å²) in [4.78, 5) is 1.82. The van der Waals surface area contributed by atoms with E-state index in [0.717, 1.165) is 13.0 Å². The van der Waals surface area contributed by atoms with Crippen molar-refractivity contribution in [2.24, 2.45) is 11.7 Å². The van der Waals surface area contributed by atoms with E-state index in [-0.39, 0.29) is 12.6 Å². The van der Waals surface area contributed by atoms with Gasteiger partial charge in [0.15, 0.2) is 0 Å². The summed E-state index contributed by atoms with van der Waals surface area (Å²) in [7, 11) is 0. The van der Waals surface area contributed by atoms with Crippen molar-refractivity contribution >= 4 is 0 Å². The van der Waals surface area contributed by atoms with Gasteiger partial charge in [-0.2, -0.15) is 0 Å². The predicted molar refractivity (Wildman–Crippen MR) is 44.2 cm³/mol. The minimum atomic E-state index is -2.22. The normalized spacial score (nSPS) is 31.8. The van der Waals surface area contributed by atoms with Crippen molar-refractivity contribution in [2.75, 3.05) is 19.6 Å². The van der Waals surface area contributed by atoms with E-state index in [1.807, 2.05) is 11.8 Å². The molecule has 2 N–H and O–H groups in total. The number of nitrogens with two attached hydrogens (primary N) is 1. The first-order valence-corrected chi connectivity index (χ1v) is 4.35. The van der Waals surface area contributed by atoms with Crippen LogP contribution < -0.4 is 5.73 Å². The molecule has 4 heteroatoms. The van der Waals surface area contributed by atoms with Gasteiger partial charge in [0.2, 0.25) is 0 Å². The van der Waals surface area contributed by atoms with Gasteiger partial charge >= 0.3 is 0 Å². The van der Waals surface area contributed by atoms with Crippen LogP contribution >= 0.6 is 0 Å². The summed E-state index contributed by atoms with van der Waals surface area (Å²) >= 11 is 0. The largest absolute Gasteiger partial charge is 0.330 e. The average molecular weight is 178 g/mol. The van der Waals surface area contributed by atoms with Crippen molar-refractivity contribution in [1.82, 2.24) is 4.90 Å². The van der Waals surface area contributed by atoms with Crippen LogP contribution in [-0.2, 0) is 0 Å². The zero-order chi connectivity index (χ0) is 9.14. The Morgan fingerprint density at radius 1 is 1.58 bits per heavy atom. The highest BCUT2D eigenvalue weighted by molar-refractivity contribution is 4.82. The van der Waals surface area contributed by atoms with Crippen LogP contribution in [-0.4, -0.2) is 37.0 Å². The van der Waals surface area contributed by atoms with E-state index in [4.69, 9.17) is 5.73 Å². The van der Waals surface area contributed by atoms with E-state index in [1.165, 1.54) is 0 Å². The first-order chi connectivity index (χ1) is 5.63. The van der Waals surface area contributed by atoms with Gasteiger partial charge in [-0.1, -0.05) is 0 Å². The minimum absolute atomic E-state index is 0.0995. The third kappa shape index (κ3) is 2.38. The molecule has 72 valence electrons. The molecule has 0 aromatic carbocycles. The molecular weight excluding hydrogens is 162 g/mol. The standard InChI is InChI=1S/C8H16F2N2/c1-6-2-7(3-11)4-12(6)5-8(9)10/h6-8H,2-5,11H2,1H3. The van der Waals surface area contributed by atoms with Crippen LogP contribution in [0.4, 0.5) is 8.78 Å². The molecule has 1 saturated heterocycles. The van der Waals surface area contributed by atoms with Gasteiger partial charge in [0.1, 0.15) is 0 Å². The number of halogens is 2. The first kappa shape index (κ1) is 9.86. The highest BCUT2D eigenvalue weighted by Gasteiger charge is 2.29. The maximum absolute atomic E-state index is 12.0. The van der Waals surface area contributed by atoms with Crippen LogP contribution in [0.25, 0.3) is 0 Å². The molecule has 0 aliphatic carbocycles. The van der Waals surface area contributed by atoms with Gasteiger partial charge in [-0.3, -0.25) is 4.90 Å². The van der Waals surface area contributed by atoms with Crippen LogP contribution in [0.3, 0.4) is 0 Å². The molecule has 0 spiro atoms. The lowest BCUT2D eigenvalue weighted by molar-refractivity contribution is 0.0843. The van der Waals surface area contributed by atoms with E-state index in [1.54, 1.807) is 0 Å². The summed E-state index contributed by atoms with van der Waals surface area (Å²) in [6.45, 7) is 3.24. The Balaban J connectivity index is 2.35. The van der Waals surface area contributed by atoms with Crippen LogP contribution in [0.5, 0.6) is 0 Å². The van der Waals surface area contributed by atoms with Crippen molar-refractivity contribution < 1.29 is 8.78 Å². The third-order valence-corrected chi connectivity index (χ3v) is 2.50. The van der Waals surface area contributed by atoms with Gasteiger partial charge in [0.05, 0.1) is 6.54 Å². The van der Waals surface area contributed by atoms with E-state index >= 15 is 0 Å². The third-order valence-electron chi connectivity index (χ3n) is 2.50. The molecule has 1 fully saturated rings. The molecule has 2 unspecified atom stereocenters. The van der Waals surface area contributed by atoms with Gasteiger partial charge in [-0.25, -0.2) is 8.78 Å². The molecule has 1 rings (SSSR count). The molecule has 2 atom stereocenters. The SMILES string of the molecule is CC1CC(CN)CN1CC(F)F. The number of likely N-dealkylation sites (tertiary alicyclic amines) is 1. The Kier molecular flexibility index (Phi) is 3.40. The van der Waals surface area contributed by atoms with E-state index in [9.17, 15) is 8.78 Å². The van der Waals surface area contributed by atoms with Gasteiger partial charge in [0, 0.05) is 12.6 Å². The highest BCUT2D eigenvalue weighted by Crippen LogP contribution is 2.22. The van der Waals surface area contributed by atoms with Gasteiger partial charge in [-0.15, -0.1) is 0 Å². The summed E-state index contributed by atoms with van der Waals surface area (Å²) < 4.78 is 24.0. The van der Waals surface area contributed by atoms with Crippen LogP contribution in [0.2, 0.25) is 0 Å². The van der Waals surface area contributed by atoms with Gasteiger partial charge in [-0.05, 0) is 25.8 Å². The summed E-state index contributed by atoms with van der Waals surface area (Å²) in [5.74, 6) is 0.416. The number of alkyl halides is 2. The van der Waals surface area contributed by atoms with Crippen LogP contribution in [0, 0.1) is 5.92 Å². The predicted octanol–water partition coefficient (Wildman–Crippen LogP) is 0.921. The molecule has 1 aliphatic rings. The molecule has 12 heavy (non-hydrogen) atoms. The smallest absolute Gasteiger partial charge is 0.251 e. The van der Waals surface area contributed by atoms with Crippen molar-refractivity contribution in [3.8, 4) is 0 Å². The lowest BCUT2D eigenvalue weighted by atomic mass is 10.1. The molecule has 2 nitrogen and oxygen atoms in total. The van der Waals surface area contributed by atoms with Crippen LogP contribution in [0.1, 0.15) is 13.3 Å². The Morgan fingerprint density at radius 3 is 2.67 bits per heavy atom. The van der Waals surface area contributed by atoms with Crippen molar-refractivity contribution in [2.45, 2.75) is 25.8 Å². The summed E-state index contributed by atoms with van der Waals surface area (Å²) in [6, 6.07) is 0.271. The van der Waals surface area contributed by atoms with Gasteiger partial charge in [0.25, 0.3) is 6.43 Å². The fourth-order valence-electron chi connectivity index (χ4n) is 1.82. The molecule has 0 bridgehead atoms. The number of hydrogen-bond acceptors (Lipinski definition) is 2. The fourth-order valence-corrected chi connectivity index (χ4v) is 1.82. The molecule has 0 aromatic heterocycles. The van der Waals surface area contributed by atoms with Crippen molar-refractivity contribution in [3.05, 3.63) is 0 Å². The Labute approximate surface area is 71.7 Å². The summed E-state index contributed by atoms with van der Waals surface area (Å²) in [5, 5.41) is 0. The molecular formula is C8H16F2N2. The summed E-state index contributed by atoms with van der Waals surface area (Å²) in [6.07, 6.45) is -1.26. The maximum atomic E-state index is 12.0. The molecule has 1 aliphatic heterocycles. The fraction of sp³-hybridized carbons (Fsp3) is 1.00. The Bertz CT molecular complexity index is 141. The van der Waals surface area contributed by atoms with E-state index < -0.39 is 6.43 Å². The molecule has 1 heterocycles. The molecule has 0 radical (unpaired) electrons. The van der Waals surface area contributed by atoms with E-state index in [2.05, 4.69) is 0 Å². The second-order valence-corrected chi connectivity index (χ2v) is 3.53. The number of nitrogens with zero attached hydrogens (tertiary/aromatic N) is 1. The zero-order valence-electron chi connectivity index (χ0n) is 7.34. The van der Waals surface area contributed by atoms with E-state index in [0.29, 0.717) is 12.5 Å². The molecule has 0 saturated carbocycles. The van der Waals surface area contributed by atoms with Crippen molar-refractivity contribution in [1.29, 1.82) is 0 Å². The Hall–Kier alpha value is -0.220. The zero-order valence-corrected chi connectivity index (χ0v) is 7.34. The summed E-state index contributed by atoms with van der Waals surface area (Å²) in [5.41, 5.74) is 5.47. The van der Waals surface area contributed by atoms with Crippen LogP contribution in [0.15, 0.2) is 0 Å². The second kappa shape index (κ2) is 4.14. The Morgan fingerprint density at radius 2 is 2.25 bits per heavy atom. The second-order valence-electron chi connectivity index (χ2n) is 3.53.